The lowest BCUT2D eigenvalue weighted by molar-refractivity contribution is 0.0692. The van der Waals surface area contributed by atoms with Crippen LogP contribution in [-0.4, -0.2) is 23.2 Å². The van der Waals surface area contributed by atoms with Crippen LogP contribution in [0.1, 0.15) is 10.4 Å². The summed E-state index contributed by atoms with van der Waals surface area (Å²) in [6.07, 6.45) is 0. The molecule has 19 heavy (non-hydrogen) atoms. The highest BCUT2D eigenvalue weighted by atomic mass is 19.1. The number of carbonyl (C=O) groups is 1. The summed E-state index contributed by atoms with van der Waals surface area (Å²) in [7, 11) is 1.73. The molecule has 2 N–H and O–H groups in total. The predicted octanol–water partition coefficient (Wildman–Crippen LogP) is 3.00. The van der Waals surface area contributed by atoms with Gasteiger partial charge in [-0.3, -0.25) is 0 Å². The summed E-state index contributed by atoms with van der Waals surface area (Å²) in [5.41, 5.74) is 0.924. The first-order valence-corrected chi connectivity index (χ1v) is 5.54. The number of anilines is 2. The van der Waals surface area contributed by atoms with E-state index in [0.717, 1.165) is 11.8 Å². The summed E-state index contributed by atoms with van der Waals surface area (Å²) in [5, 5.41) is 18.1. The van der Waals surface area contributed by atoms with E-state index in [1.54, 1.807) is 24.1 Å². The van der Waals surface area contributed by atoms with Crippen LogP contribution >= 0.6 is 0 Å². The lowest BCUT2D eigenvalue weighted by Gasteiger charge is -2.20. The van der Waals surface area contributed by atoms with Gasteiger partial charge in [-0.1, -0.05) is 0 Å². The molecule has 0 atom stereocenters. The number of phenols is 1. The molecule has 0 saturated heterocycles. The Bertz CT molecular complexity index is 611. The monoisotopic (exact) mass is 261 g/mol. The molecule has 0 unspecified atom stereocenters. The summed E-state index contributed by atoms with van der Waals surface area (Å²) in [6, 6.07) is 10.3. The summed E-state index contributed by atoms with van der Waals surface area (Å²) in [5.74, 6) is -1.93. The average Bonchev–Trinajstić information content (AvgIpc) is 2.39. The summed E-state index contributed by atoms with van der Waals surface area (Å²) in [4.78, 5) is 12.6. The number of aromatic hydroxyl groups is 1. The molecule has 2 aromatic carbocycles. The normalized spacial score (nSPS) is 10.2. The Morgan fingerprint density at radius 2 is 1.68 bits per heavy atom. The summed E-state index contributed by atoms with van der Waals surface area (Å²) >= 11 is 0. The van der Waals surface area contributed by atoms with E-state index in [9.17, 15) is 14.3 Å². The molecule has 0 aliphatic rings. The van der Waals surface area contributed by atoms with Gasteiger partial charge in [-0.2, -0.15) is 0 Å². The molecule has 0 aromatic heterocycles. The number of rotatable bonds is 3. The van der Waals surface area contributed by atoms with Gasteiger partial charge in [0.05, 0.1) is 5.56 Å². The van der Waals surface area contributed by atoms with Crippen LogP contribution in [0.5, 0.6) is 5.75 Å². The highest BCUT2D eigenvalue weighted by Crippen LogP contribution is 2.26. The maximum absolute atomic E-state index is 13.3. The number of hydrogen-bond acceptors (Lipinski definition) is 3. The van der Waals surface area contributed by atoms with Crippen molar-refractivity contribution in [3.8, 4) is 5.75 Å². The standard InChI is InChI=1S/C14H12FNO3/c1-16(9-2-5-11(17)6-3-9)10-4-7-13(15)12(8-10)14(18)19/h2-8,17H,1H3,(H,18,19). The molecule has 0 amide bonds. The molecule has 0 heterocycles. The zero-order chi connectivity index (χ0) is 14.0. The lowest BCUT2D eigenvalue weighted by atomic mass is 10.1. The second-order valence-corrected chi connectivity index (χ2v) is 4.04. The topological polar surface area (TPSA) is 60.8 Å². The fourth-order valence-corrected chi connectivity index (χ4v) is 1.71. The van der Waals surface area contributed by atoms with Gasteiger partial charge in [-0.25, -0.2) is 9.18 Å². The van der Waals surface area contributed by atoms with Gasteiger partial charge in [0.1, 0.15) is 11.6 Å². The molecule has 0 saturated carbocycles. The van der Waals surface area contributed by atoms with E-state index in [4.69, 9.17) is 5.11 Å². The van der Waals surface area contributed by atoms with Crippen molar-refractivity contribution < 1.29 is 19.4 Å². The molecule has 0 spiro atoms. The fraction of sp³-hybridized carbons (Fsp3) is 0.0714. The van der Waals surface area contributed by atoms with Crippen molar-refractivity contribution in [2.24, 2.45) is 0 Å². The van der Waals surface area contributed by atoms with Crippen molar-refractivity contribution in [3.05, 3.63) is 53.8 Å². The highest BCUT2D eigenvalue weighted by molar-refractivity contribution is 5.89. The number of halogens is 1. The Balaban J connectivity index is 2.38. The number of carboxylic acids is 1. The first kappa shape index (κ1) is 12.9. The van der Waals surface area contributed by atoms with Crippen molar-refractivity contribution in [1.29, 1.82) is 0 Å². The van der Waals surface area contributed by atoms with Gasteiger partial charge in [-0.15, -0.1) is 0 Å². The van der Waals surface area contributed by atoms with Gasteiger partial charge in [-0.05, 0) is 42.5 Å². The van der Waals surface area contributed by atoms with Gasteiger partial charge in [0.2, 0.25) is 0 Å². The van der Waals surface area contributed by atoms with E-state index in [2.05, 4.69) is 0 Å². The van der Waals surface area contributed by atoms with Crippen LogP contribution in [0.3, 0.4) is 0 Å². The minimum atomic E-state index is -1.31. The zero-order valence-corrected chi connectivity index (χ0v) is 10.2. The van der Waals surface area contributed by atoms with Crippen LogP contribution in [-0.2, 0) is 0 Å². The molecular formula is C14H12FNO3. The van der Waals surface area contributed by atoms with E-state index >= 15 is 0 Å². The molecule has 2 rings (SSSR count). The Morgan fingerprint density at radius 3 is 2.26 bits per heavy atom. The van der Waals surface area contributed by atoms with E-state index in [1.165, 1.54) is 24.3 Å². The molecule has 0 aliphatic carbocycles. The third kappa shape index (κ3) is 2.65. The Morgan fingerprint density at radius 1 is 1.11 bits per heavy atom. The molecule has 0 radical (unpaired) electrons. The maximum Gasteiger partial charge on any atom is 0.338 e. The average molecular weight is 261 g/mol. The maximum atomic E-state index is 13.3. The van der Waals surface area contributed by atoms with Crippen molar-refractivity contribution in [2.75, 3.05) is 11.9 Å². The first-order valence-electron chi connectivity index (χ1n) is 5.54. The third-order valence-electron chi connectivity index (χ3n) is 2.80. The number of phenolic OH excluding ortho intramolecular Hbond substituents is 1. The van der Waals surface area contributed by atoms with Gasteiger partial charge in [0.25, 0.3) is 0 Å². The van der Waals surface area contributed by atoms with Crippen LogP contribution in [0.4, 0.5) is 15.8 Å². The van der Waals surface area contributed by atoms with E-state index in [1.807, 2.05) is 0 Å². The second-order valence-electron chi connectivity index (χ2n) is 4.04. The summed E-state index contributed by atoms with van der Waals surface area (Å²) < 4.78 is 13.3. The van der Waals surface area contributed by atoms with E-state index < -0.39 is 11.8 Å². The van der Waals surface area contributed by atoms with Gasteiger partial charge in [0.15, 0.2) is 0 Å². The minimum absolute atomic E-state index is 0.141. The molecular weight excluding hydrogens is 249 g/mol. The predicted molar refractivity (Wildman–Crippen MR) is 69.5 cm³/mol. The zero-order valence-electron chi connectivity index (χ0n) is 10.2. The third-order valence-corrected chi connectivity index (χ3v) is 2.80. The molecule has 2 aromatic rings. The molecule has 98 valence electrons. The van der Waals surface area contributed by atoms with Crippen molar-refractivity contribution >= 4 is 17.3 Å². The van der Waals surface area contributed by atoms with Crippen LogP contribution in [0.25, 0.3) is 0 Å². The quantitative estimate of drug-likeness (QED) is 0.891. The number of hydrogen-bond donors (Lipinski definition) is 2. The van der Waals surface area contributed by atoms with Crippen LogP contribution < -0.4 is 4.90 Å². The molecule has 4 nitrogen and oxygen atoms in total. The van der Waals surface area contributed by atoms with Crippen molar-refractivity contribution in [1.82, 2.24) is 0 Å². The fourth-order valence-electron chi connectivity index (χ4n) is 1.71. The minimum Gasteiger partial charge on any atom is -0.508 e. The highest BCUT2D eigenvalue weighted by Gasteiger charge is 2.13. The van der Waals surface area contributed by atoms with Crippen LogP contribution in [0.15, 0.2) is 42.5 Å². The van der Waals surface area contributed by atoms with Gasteiger partial charge < -0.3 is 15.1 Å². The molecule has 0 fully saturated rings. The molecule has 0 aliphatic heterocycles. The lowest BCUT2D eigenvalue weighted by Crippen LogP contribution is -2.11. The Kier molecular flexibility index (Phi) is 3.37. The van der Waals surface area contributed by atoms with E-state index in [-0.39, 0.29) is 11.3 Å². The number of carboxylic acid groups (broad SMARTS) is 1. The molecule has 0 bridgehead atoms. The van der Waals surface area contributed by atoms with Crippen LogP contribution in [0, 0.1) is 5.82 Å². The van der Waals surface area contributed by atoms with Gasteiger partial charge in [0, 0.05) is 18.4 Å². The van der Waals surface area contributed by atoms with Crippen LogP contribution in [0.2, 0.25) is 0 Å². The summed E-state index contributed by atoms with van der Waals surface area (Å²) in [6.45, 7) is 0. The first-order chi connectivity index (χ1) is 8.99. The molecule has 5 heteroatoms. The Labute approximate surface area is 109 Å². The van der Waals surface area contributed by atoms with Crippen molar-refractivity contribution in [3.63, 3.8) is 0 Å². The Hall–Kier alpha value is -2.56. The van der Waals surface area contributed by atoms with Gasteiger partial charge >= 0.3 is 5.97 Å². The van der Waals surface area contributed by atoms with E-state index in [0.29, 0.717) is 5.69 Å². The largest absolute Gasteiger partial charge is 0.508 e. The SMILES string of the molecule is CN(c1ccc(O)cc1)c1ccc(F)c(C(=O)O)c1. The number of aromatic carboxylic acids is 1. The second kappa shape index (κ2) is 4.97. The number of benzene rings is 2. The van der Waals surface area contributed by atoms with Crippen molar-refractivity contribution in [2.45, 2.75) is 0 Å². The smallest absolute Gasteiger partial charge is 0.338 e. The number of nitrogens with zero attached hydrogens (tertiary/aromatic N) is 1.